The normalized spacial score (nSPS) is 24.8. The minimum absolute atomic E-state index is 0.0737. The molecule has 3 fully saturated rings. The highest BCUT2D eigenvalue weighted by molar-refractivity contribution is 6.00. The van der Waals surface area contributed by atoms with E-state index >= 15 is 0 Å². The molecule has 0 aliphatic carbocycles. The molecule has 4 rings (SSSR count). The number of nitrogens with zero attached hydrogens (tertiary/aromatic N) is 3. The van der Waals surface area contributed by atoms with Crippen LogP contribution in [0.4, 0.5) is 5.69 Å². The number of benzene rings is 1. The number of anilines is 1. The standard InChI is InChI=1S/C22H31N3O2/c1-2-17-5-7-20(8-6-17)25-16-18(15-21(25)26)22(27)24-13-9-19(10-14-24)23-11-3-4-12-23/h5-8,18-19H,2-4,9-16H2,1H3. The second-order valence-electron chi connectivity index (χ2n) is 8.22. The van der Waals surface area contributed by atoms with E-state index < -0.39 is 0 Å². The van der Waals surface area contributed by atoms with Gasteiger partial charge >= 0.3 is 0 Å². The highest BCUT2D eigenvalue weighted by atomic mass is 16.2. The third-order valence-electron chi connectivity index (χ3n) is 6.56. The number of amides is 2. The molecule has 3 heterocycles. The molecule has 146 valence electrons. The van der Waals surface area contributed by atoms with Crippen LogP contribution in [0.3, 0.4) is 0 Å². The number of likely N-dealkylation sites (tertiary alicyclic amines) is 2. The van der Waals surface area contributed by atoms with Crippen LogP contribution in [-0.4, -0.2) is 60.4 Å². The molecular formula is C22H31N3O2. The molecule has 0 saturated carbocycles. The number of hydrogen-bond acceptors (Lipinski definition) is 3. The maximum Gasteiger partial charge on any atom is 0.228 e. The fourth-order valence-electron chi connectivity index (χ4n) is 4.85. The molecule has 1 aromatic rings. The van der Waals surface area contributed by atoms with Crippen molar-refractivity contribution in [3.05, 3.63) is 29.8 Å². The van der Waals surface area contributed by atoms with Crippen LogP contribution in [0, 0.1) is 5.92 Å². The molecule has 5 heteroatoms. The quantitative estimate of drug-likeness (QED) is 0.820. The van der Waals surface area contributed by atoms with Crippen LogP contribution in [0.5, 0.6) is 0 Å². The van der Waals surface area contributed by atoms with Gasteiger partial charge in [0.25, 0.3) is 0 Å². The van der Waals surface area contributed by atoms with Gasteiger partial charge in [0.1, 0.15) is 0 Å². The Bertz CT molecular complexity index is 673. The van der Waals surface area contributed by atoms with E-state index in [9.17, 15) is 9.59 Å². The number of rotatable bonds is 4. The summed E-state index contributed by atoms with van der Waals surface area (Å²) in [6.45, 7) is 6.78. The molecule has 0 spiro atoms. The van der Waals surface area contributed by atoms with Gasteiger partial charge in [0, 0.05) is 37.8 Å². The Morgan fingerprint density at radius 3 is 2.33 bits per heavy atom. The summed E-state index contributed by atoms with van der Waals surface area (Å²) < 4.78 is 0. The molecule has 0 aromatic heterocycles. The lowest BCUT2D eigenvalue weighted by Crippen LogP contribution is -2.47. The smallest absolute Gasteiger partial charge is 0.228 e. The first-order chi connectivity index (χ1) is 13.2. The van der Waals surface area contributed by atoms with E-state index in [-0.39, 0.29) is 17.7 Å². The molecule has 0 N–H and O–H groups in total. The topological polar surface area (TPSA) is 43.9 Å². The maximum absolute atomic E-state index is 13.0. The molecule has 3 aliphatic rings. The molecule has 1 unspecified atom stereocenters. The van der Waals surface area contributed by atoms with Crippen molar-refractivity contribution in [1.82, 2.24) is 9.80 Å². The molecule has 27 heavy (non-hydrogen) atoms. The minimum Gasteiger partial charge on any atom is -0.342 e. The van der Waals surface area contributed by atoms with Gasteiger partial charge in [-0.25, -0.2) is 0 Å². The fraction of sp³-hybridized carbons (Fsp3) is 0.636. The average molecular weight is 370 g/mol. The fourth-order valence-corrected chi connectivity index (χ4v) is 4.85. The van der Waals surface area contributed by atoms with E-state index in [1.165, 1.54) is 31.5 Å². The van der Waals surface area contributed by atoms with E-state index in [1.807, 2.05) is 17.0 Å². The van der Waals surface area contributed by atoms with E-state index in [1.54, 1.807) is 4.90 Å². The van der Waals surface area contributed by atoms with Crippen molar-refractivity contribution in [2.75, 3.05) is 37.6 Å². The van der Waals surface area contributed by atoms with Gasteiger partial charge in [0.2, 0.25) is 11.8 Å². The van der Waals surface area contributed by atoms with Crippen LogP contribution in [0.2, 0.25) is 0 Å². The van der Waals surface area contributed by atoms with E-state index in [4.69, 9.17) is 0 Å². The Morgan fingerprint density at radius 1 is 1.04 bits per heavy atom. The van der Waals surface area contributed by atoms with Crippen LogP contribution in [0.25, 0.3) is 0 Å². The lowest BCUT2D eigenvalue weighted by Gasteiger charge is -2.37. The second kappa shape index (κ2) is 8.01. The average Bonchev–Trinajstić information content (AvgIpc) is 3.38. The number of carbonyl (C=O) groups excluding carboxylic acids is 2. The molecule has 0 bridgehead atoms. The zero-order valence-corrected chi connectivity index (χ0v) is 16.4. The van der Waals surface area contributed by atoms with Crippen LogP contribution in [0.15, 0.2) is 24.3 Å². The molecule has 5 nitrogen and oxygen atoms in total. The Morgan fingerprint density at radius 2 is 1.70 bits per heavy atom. The van der Waals surface area contributed by atoms with Gasteiger partial charge in [0.05, 0.1) is 5.92 Å². The summed E-state index contributed by atoms with van der Waals surface area (Å²) in [5.41, 5.74) is 2.18. The van der Waals surface area contributed by atoms with E-state index in [0.29, 0.717) is 19.0 Å². The summed E-state index contributed by atoms with van der Waals surface area (Å²) in [4.78, 5) is 31.9. The van der Waals surface area contributed by atoms with Gasteiger partial charge in [-0.15, -0.1) is 0 Å². The zero-order chi connectivity index (χ0) is 18.8. The minimum atomic E-state index is -0.188. The Kier molecular flexibility index (Phi) is 5.48. The first kappa shape index (κ1) is 18.5. The van der Waals surface area contributed by atoms with Crippen LogP contribution < -0.4 is 4.90 Å². The Hall–Kier alpha value is -1.88. The third-order valence-corrected chi connectivity index (χ3v) is 6.56. The second-order valence-corrected chi connectivity index (χ2v) is 8.22. The predicted octanol–water partition coefficient (Wildman–Crippen LogP) is 2.69. The van der Waals surface area contributed by atoms with Crippen LogP contribution in [-0.2, 0) is 16.0 Å². The van der Waals surface area contributed by atoms with Crippen LogP contribution in [0.1, 0.15) is 44.6 Å². The SMILES string of the molecule is CCc1ccc(N2CC(C(=O)N3CCC(N4CCCC4)CC3)CC2=O)cc1. The Labute approximate surface area is 162 Å². The number of carbonyl (C=O) groups is 2. The molecule has 1 atom stereocenters. The molecular weight excluding hydrogens is 338 g/mol. The largest absolute Gasteiger partial charge is 0.342 e. The van der Waals surface area contributed by atoms with Crippen molar-refractivity contribution in [3.8, 4) is 0 Å². The van der Waals surface area contributed by atoms with Crippen molar-refractivity contribution in [2.45, 2.75) is 51.5 Å². The first-order valence-corrected chi connectivity index (χ1v) is 10.6. The first-order valence-electron chi connectivity index (χ1n) is 10.6. The van der Waals surface area contributed by atoms with Gasteiger partial charge in [-0.05, 0) is 62.9 Å². The molecule has 3 aliphatic heterocycles. The van der Waals surface area contributed by atoms with Crippen molar-refractivity contribution in [3.63, 3.8) is 0 Å². The molecule has 1 aromatic carbocycles. The summed E-state index contributed by atoms with van der Waals surface area (Å²) in [5, 5.41) is 0. The highest BCUT2D eigenvalue weighted by Crippen LogP contribution is 2.28. The summed E-state index contributed by atoms with van der Waals surface area (Å²) in [6.07, 6.45) is 6.13. The lowest BCUT2D eigenvalue weighted by atomic mass is 10.0. The van der Waals surface area contributed by atoms with Crippen LogP contribution >= 0.6 is 0 Å². The van der Waals surface area contributed by atoms with Crippen molar-refractivity contribution < 1.29 is 9.59 Å². The maximum atomic E-state index is 13.0. The van der Waals surface area contributed by atoms with Gasteiger partial charge in [-0.3, -0.25) is 9.59 Å². The van der Waals surface area contributed by atoms with Crippen molar-refractivity contribution in [2.24, 2.45) is 5.92 Å². The number of piperidine rings is 1. The number of aryl methyl sites for hydroxylation is 1. The van der Waals surface area contributed by atoms with Crippen molar-refractivity contribution >= 4 is 17.5 Å². The van der Waals surface area contributed by atoms with Crippen molar-refractivity contribution in [1.29, 1.82) is 0 Å². The lowest BCUT2D eigenvalue weighted by molar-refractivity contribution is -0.137. The van der Waals surface area contributed by atoms with Gasteiger partial charge < -0.3 is 14.7 Å². The Balaban J connectivity index is 1.33. The summed E-state index contributed by atoms with van der Waals surface area (Å²) in [5.74, 6) is 0.0622. The summed E-state index contributed by atoms with van der Waals surface area (Å²) in [6, 6.07) is 8.80. The van der Waals surface area contributed by atoms with E-state index in [2.05, 4.69) is 24.0 Å². The number of hydrogen-bond donors (Lipinski definition) is 0. The molecule has 2 amide bonds. The zero-order valence-electron chi connectivity index (χ0n) is 16.4. The highest BCUT2D eigenvalue weighted by Gasteiger charge is 2.38. The third kappa shape index (κ3) is 3.88. The molecule has 3 saturated heterocycles. The van der Waals surface area contributed by atoms with Gasteiger partial charge in [-0.2, -0.15) is 0 Å². The summed E-state index contributed by atoms with van der Waals surface area (Å²) >= 11 is 0. The molecule has 0 radical (unpaired) electrons. The van der Waals surface area contributed by atoms with Gasteiger partial charge in [0.15, 0.2) is 0 Å². The van der Waals surface area contributed by atoms with E-state index in [0.717, 1.165) is 38.0 Å². The summed E-state index contributed by atoms with van der Waals surface area (Å²) in [7, 11) is 0. The predicted molar refractivity (Wildman–Crippen MR) is 107 cm³/mol. The van der Waals surface area contributed by atoms with Gasteiger partial charge in [-0.1, -0.05) is 19.1 Å². The monoisotopic (exact) mass is 369 g/mol.